The Labute approximate surface area is 73.1 Å². The lowest BCUT2D eigenvalue weighted by atomic mass is 10.6. The fourth-order valence-corrected chi connectivity index (χ4v) is 0.710. The standard InChI is InChI=1S/C6H5N3O2S/c1-11-5-2-4(10)8-6(9-5)7-3-12/h2H,1H3,(H,8,9,10). The fraction of sp³-hybridized carbons (Fsp3) is 0.167. The molecule has 0 aliphatic carbocycles. The number of thiocarbonyl (C=S) groups is 1. The topological polar surface area (TPSA) is 67.3 Å². The summed E-state index contributed by atoms with van der Waals surface area (Å²) in [5.74, 6) is 0.289. The van der Waals surface area contributed by atoms with Crippen LogP contribution in [0.1, 0.15) is 0 Å². The van der Waals surface area contributed by atoms with Crippen LogP contribution in [-0.4, -0.2) is 22.2 Å². The van der Waals surface area contributed by atoms with E-state index in [2.05, 4.69) is 32.3 Å². The van der Waals surface area contributed by atoms with Crippen LogP contribution < -0.4 is 10.3 Å². The van der Waals surface area contributed by atoms with Crippen LogP contribution in [0.4, 0.5) is 5.95 Å². The number of hydrogen-bond acceptors (Lipinski definition) is 5. The van der Waals surface area contributed by atoms with Crippen molar-refractivity contribution in [2.45, 2.75) is 0 Å². The van der Waals surface area contributed by atoms with Crippen molar-refractivity contribution in [1.29, 1.82) is 0 Å². The van der Waals surface area contributed by atoms with Crippen LogP contribution in [0.5, 0.6) is 5.88 Å². The summed E-state index contributed by atoms with van der Waals surface area (Å²) in [5, 5.41) is 2.08. The molecule has 0 bridgehead atoms. The maximum absolute atomic E-state index is 10.8. The minimum absolute atomic E-state index is 0.0920. The van der Waals surface area contributed by atoms with Crippen molar-refractivity contribution in [3.05, 3.63) is 16.4 Å². The summed E-state index contributed by atoms with van der Waals surface area (Å²) < 4.78 is 4.73. The zero-order valence-electron chi connectivity index (χ0n) is 6.20. The van der Waals surface area contributed by atoms with E-state index in [0.29, 0.717) is 0 Å². The lowest BCUT2D eigenvalue weighted by Gasteiger charge is -1.96. The summed E-state index contributed by atoms with van der Waals surface area (Å²) in [6.45, 7) is 0. The number of hydrogen-bond donors (Lipinski definition) is 1. The Morgan fingerprint density at radius 2 is 2.58 bits per heavy atom. The third kappa shape index (κ3) is 1.98. The van der Waals surface area contributed by atoms with Gasteiger partial charge in [-0.25, -0.2) is 0 Å². The molecule has 62 valence electrons. The second-order valence-electron chi connectivity index (χ2n) is 1.81. The zero-order chi connectivity index (χ0) is 8.97. The summed E-state index contributed by atoms with van der Waals surface area (Å²) in [4.78, 5) is 20.5. The maximum atomic E-state index is 10.8. The van der Waals surface area contributed by atoms with Gasteiger partial charge in [0.2, 0.25) is 11.8 Å². The van der Waals surface area contributed by atoms with Crippen molar-refractivity contribution in [3.8, 4) is 5.88 Å². The van der Waals surface area contributed by atoms with Gasteiger partial charge in [-0.15, -0.1) is 0 Å². The molecule has 0 saturated carbocycles. The van der Waals surface area contributed by atoms with Crippen LogP contribution in [0, 0.1) is 0 Å². The molecule has 0 amide bonds. The molecule has 0 spiro atoms. The van der Waals surface area contributed by atoms with Gasteiger partial charge in [-0.3, -0.25) is 9.78 Å². The highest BCUT2D eigenvalue weighted by molar-refractivity contribution is 7.78. The van der Waals surface area contributed by atoms with E-state index >= 15 is 0 Å². The summed E-state index contributed by atoms with van der Waals surface area (Å²) in [7, 11) is 1.41. The van der Waals surface area contributed by atoms with E-state index in [1.807, 2.05) is 0 Å². The maximum Gasteiger partial charge on any atom is 0.256 e. The highest BCUT2D eigenvalue weighted by Gasteiger charge is 1.97. The van der Waals surface area contributed by atoms with E-state index in [1.165, 1.54) is 13.2 Å². The van der Waals surface area contributed by atoms with Crippen LogP contribution in [0.3, 0.4) is 0 Å². The van der Waals surface area contributed by atoms with Crippen molar-refractivity contribution in [2.24, 2.45) is 4.99 Å². The van der Waals surface area contributed by atoms with Gasteiger partial charge in [-0.05, 0) is 12.2 Å². The van der Waals surface area contributed by atoms with Crippen LogP contribution in [0.15, 0.2) is 15.9 Å². The number of H-pyrrole nitrogens is 1. The number of aromatic amines is 1. The average Bonchev–Trinajstić information content (AvgIpc) is 2.04. The van der Waals surface area contributed by atoms with Crippen molar-refractivity contribution in [2.75, 3.05) is 7.11 Å². The van der Waals surface area contributed by atoms with Gasteiger partial charge in [0.05, 0.1) is 18.3 Å². The summed E-state index contributed by atoms with van der Waals surface area (Å²) >= 11 is 4.34. The normalized spacial score (nSPS) is 8.75. The Balaban J connectivity index is 3.23. The highest BCUT2D eigenvalue weighted by Crippen LogP contribution is 2.05. The second-order valence-corrected chi connectivity index (χ2v) is 2.00. The lowest BCUT2D eigenvalue weighted by molar-refractivity contribution is 0.396. The van der Waals surface area contributed by atoms with E-state index in [1.54, 1.807) is 0 Å². The predicted octanol–water partition coefficient (Wildman–Crippen LogP) is 0.513. The predicted molar refractivity (Wildman–Crippen MR) is 46.1 cm³/mol. The van der Waals surface area contributed by atoms with Crippen molar-refractivity contribution in [1.82, 2.24) is 9.97 Å². The quantitative estimate of drug-likeness (QED) is 0.536. The molecule has 1 aromatic rings. The number of nitrogens with one attached hydrogen (secondary N) is 1. The van der Waals surface area contributed by atoms with E-state index in [4.69, 9.17) is 4.74 Å². The summed E-state index contributed by atoms with van der Waals surface area (Å²) in [5.41, 5.74) is -0.342. The van der Waals surface area contributed by atoms with E-state index in [0.717, 1.165) is 0 Å². The van der Waals surface area contributed by atoms with Crippen LogP contribution in [-0.2, 0) is 0 Å². The fourth-order valence-electron chi connectivity index (χ4n) is 0.624. The van der Waals surface area contributed by atoms with Crippen molar-refractivity contribution >= 4 is 23.3 Å². The third-order valence-electron chi connectivity index (χ3n) is 1.07. The molecule has 1 aromatic heterocycles. The minimum Gasteiger partial charge on any atom is -0.481 e. The Morgan fingerprint density at radius 1 is 1.83 bits per heavy atom. The molecule has 1 N–H and O–H groups in total. The molecule has 0 aliphatic heterocycles. The molecule has 0 saturated heterocycles. The Kier molecular flexibility index (Phi) is 2.68. The van der Waals surface area contributed by atoms with Crippen LogP contribution in [0.25, 0.3) is 0 Å². The van der Waals surface area contributed by atoms with Crippen molar-refractivity contribution < 1.29 is 4.74 Å². The highest BCUT2D eigenvalue weighted by atomic mass is 32.1. The molecule has 0 aromatic carbocycles. The first-order valence-corrected chi connectivity index (χ1v) is 3.40. The Morgan fingerprint density at radius 3 is 3.17 bits per heavy atom. The van der Waals surface area contributed by atoms with E-state index in [9.17, 15) is 4.79 Å². The molecule has 1 rings (SSSR count). The zero-order valence-corrected chi connectivity index (χ0v) is 7.01. The Hall–Kier alpha value is -1.52. The van der Waals surface area contributed by atoms with Crippen LogP contribution >= 0.6 is 12.2 Å². The smallest absolute Gasteiger partial charge is 0.256 e. The van der Waals surface area contributed by atoms with E-state index in [-0.39, 0.29) is 17.4 Å². The van der Waals surface area contributed by atoms with Gasteiger partial charge in [-0.2, -0.15) is 9.98 Å². The number of aromatic nitrogens is 2. The van der Waals surface area contributed by atoms with Gasteiger partial charge in [0.15, 0.2) is 0 Å². The third-order valence-corrected chi connectivity index (χ3v) is 1.16. The van der Waals surface area contributed by atoms with Gasteiger partial charge in [0.1, 0.15) is 0 Å². The molecule has 0 fully saturated rings. The number of isothiocyanates is 1. The van der Waals surface area contributed by atoms with Gasteiger partial charge >= 0.3 is 0 Å². The molecular weight excluding hydrogens is 178 g/mol. The molecule has 12 heavy (non-hydrogen) atoms. The van der Waals surface area contributed by atoms with Gasteiger partial charge < -0.3 is 4.74 Å². The average molecular weight is 183 g/mol. The van der Waals surface area contributed by atoms with Crippen LogP contribution in [0.2, 0.25) is 0 Å². The summed E-state index contributed by atoms with van der Waals surface area (Å²) in [6, 6.07) is 1.21. The number of nitrogens with zero attached hydrogens (tertiary/aromatic N) is 2. The van der Waals surface area contributed by atoms with Crippen molar-refractivity contribution in [3.63, 3.8) is 0 Å². The molecule has 0 aliphatic rings. The van der Waals surface area contributed by atoms with Gasteiger partial charge in [0.25, 0.3) is 5.56 Å². The largest absolute Gasteiger partial charge is 0.481 e. The molecule has 5 nitrogen and oxygen atoms in total. The van der Waals surface area contributed by atoms with E-state index < -0.39 is 0 Å². The number of rotatable bonds is 2. The molecule has 6 heteroatoms. The van der Waals surface area contributed by atoms with Gasteiger partial charge in [-0.1, -0.05) is 0 Å². The lowest BCUT2D eigenvalue weighted by Crippen LogP contribution is -2.05. The first kappa shape index (κ1) is 8.58. The monoisotopic (exact) mass is 183 g/mol. The van der Waals surface area contributed by atoms with Gasteiger partial charge in [0, 0.05) is 0 Å². The summed E-state index contributed by atoms with van der Waals surface area (Å²) in [6.07, 6.45) is 0. The minimum atomic E-state index is -0.342. The molecule has 0 radical (unpaired) electrons. The molecule has 0 atom stereocenters. The molecule has 0 unspecified atom stereocenters. The second kappa shape index (κ2) is 3.75. The number of methoxy groups -OCH3 is 1. The molecule has 1 heterocycles. The Bertz CT molecular complexity index is 381. The first-order chi connectivity index (χ1) is 5.76. The first-order valence-electron chi connectivity index (χ1n) is 2.99. The SMILES string of the molecule is COc1cc(=O)[nH]c(N=C=S)n1. The molecular formula is C6H5N3O2S. The number of aliphatic imine (C=N–C) groups is 1. The number of ether oxygens (including phenoxy) is 1.